The average Bonchev–Trinajstić information content (AvgIpc) is 2.75. The van der Waals surface area contributed by atoms with Gasteiger partial charge in [0.05, 0.1) is 11.6 Å². The van der Waals surface area contributed by atoms with Crippen molar-refractivity contribution in [3.8, 4) is 0 Å². The van der Waals surface area contributed by atoms with Crippen LogP contribution in [0.3, 0.4) is 0 Å². The van der Waals surface area contributed by atoms with Crippen molar-refractivity contribution in [1.29, 1.82) is 0 Å². The number of hydrogen-bond acceptors (Lipinski definition) is 2. The van der Waals surface area contributed by atoms with E-state index >= 15 is 0 Å². The summed E-state index contributed by atoms with van der Waals surface area (Å²) in [6.07, 6.45) is 0.776. The molecule has 0 radical (unpaired) electrons. The van der Waals surface area contributed by atoms with Gasteiger partial charge in [-0.3, -0.25) is 4.79 Å². The molecule has 1 atom stereocenters. The van der Waals surface area contributed by atoms with Gasteiger partial charge in [-0.15, -0.1) is 0 Å². The molecule has 1 N–H and O–H groups in total. The largest absolute Gasteiger partial charge is 0.352 e. The number of fused-ring (bicyclic) bond motifs is 3. The number of ketones is 1. The molecule has 0 saturated heterocycles. The summed E-state index contributed by atoms with van der Waals surface area (Å²) in [6.45, 7) is 3.93. The normalized spacial score (nSPS) is 21.2. The lowest BCUT2D eigenvalue weighted by Crippen LogP contribution is -2.28. The summed E-state index contributed by atoms with van der Waals surface area (Å²) < 4.78 is 0. The summed E-state index contributed by atoms with van der Waals surface area (Å²) in [6, 6.07) is 6.08. The van der Waals surface area contributed by atoms with Crippen molar-refractivity contribution < 1.29 is 9.59 Å². The van der Waals surface area contributed by atoms with Crippen LogP contribution in [0.2, 0.25) is 0 Å². The quantitative estimate of drug-likeness (QED) is 0.452. The van der Waals surface area contributed by atoms with Crippen LogP contribution >= 0.6 is 0 Å². The average molecular weight is 239 g/mol. The van der Waals surface area contributed by atoms with Crippen LogP contribution in [0.25, 0.3) is 10.9 Å². The Bertz CT molecular complexity index is 684. The van der Waals surface area contributed by atoms with Crippen LogP contribution in [0.1, 0.15) is 29.9 Å². The van der Waals surface area contributed by atoms with E-state index in [2.05, 4.69) is 11.1 Å². The second kappa shape index (κ2) is 3.34. The SMILES string of the molecule is Bc1ccc2[nH]c3c(c2c1)C(C)(C)C(C=O)C3=O. The number of benzene rings is 1. The fourth-order valence-electron chi connectivity index (χ4n) is 3.03. The van der Waals surface area contributed by atoms with Gasteiger partial charge in [0.2, 0.25) is 0 Å². The van der Waals surface area contributed by atoms with Gasteiger partial charge in [-0.1, -0.05) is 31.4 Å². The molecule has 0 bridgehead atoms. The molecular formula is C14H14BNO2. The van der Waals surface area contributed by atoms with Crippen LogP contribution < -0.4 is 5.46 Å². The van der Waals surface area contributed by atoms with Gasteiger partial charge in [0.1, 0.15) is 14.1 Å². The minimum absolute atomic E-state index is 0.0844. The lowest BCUT2D eigenvalue weighted by molar-refractivity contribution is -0.111. The van der Waals surface area contributed by atoms with Crippen molar-refractivity contribution in [3.05, 3.63) is 29.5 Å². The van der Waals surface area contributed by atoms with Gasteiger partial charge < -0.3 is 9.78 Å². The Labute approximate surface area is 106 Å². The first-order chi connectivity index (χ1) is 8.46. The summed E-state index contributed by atoms with van der Waals surface area (Å²) in [5, 5.41) is 1.06. The monoisotopic (exact) mass is 239 g/mol. The third-order valence-electron chi connectivity index (χ3n) is 4.04. The number of aromatic nitrogens is 1. The molecule has 1 aromatic heterocycles. The second-order valence-electron chi connectivity index (χ2n) is 5.62. The first-order valence-corrected chi connectivity index (χ1v) is 6.09. The Morgan fingerprint density at radius 3 is 2.78 bits per heavy atom. The number of H-pyrrole nitrogens is 1. The van der Waals surface area contributed by atoms with Crippen molar-refractivity contribution in [2.45, 2.75) is 19.3 Å². The van der Waals surface area contributed by atoms with Crippen LogP contribution in [-0.4, -0.2) is 24.9 Å². The Kier molecular flexibility index (Phi) is 2.09. The minimum atomic E-state index is -0.566. The zero-order valence-corrected chi connectivity index (χ0v) is 10.7. The molecule has 0 spiro atoms. The predicted octanol–water partition coefficient (Wildman–Crippen LogP) is 0.715. The van der Waals surface area contributed by atoms with E-state index in [-0.39, 0.29) is 5.78 Å². The van der Waals surface area contributed by atoms with Gasteiger partial charge in [0.25, 0.3) is 0 Å². The molecule has 0 aliphatic heterocycles. The van der Waals surface area contributed by atoms with Crippen molar-refractivity contribution in [2.24, 2.45) is 5.92 Å². The van der Waals surface area contributed by atoms with Crippen LogP contribution in [0.4, 0.5) is 0 Å². The van der Waals surface area contributed by atoms with Crippen molar-refractivity contribution in [1.82, 2.24) is 4.98 Å². The summed E-state index contributed by atoms with van der Waals surface area (Å²) in [4.78, 5) is 26.6. The van der Waals surface area contributed by atoms with E-state index in [1.165, 1.54) is 0 Å². The molecule has 90 valence electrons. The van der Waals surface area contributed by atoms with Gasteiger partial charge in [-0.25, -0.2) is 0 Å². The van der Waals surface area contributed by atoms with Crippen molar-refractivity contribution in [2.75, 3.05) is 0 Å². The van der Waals surface area contributed by atoms with Crippen LogP contribution in [0, 0.1) is 5.92 Å². The number of carbonyl (C=O) groups is 2. The number of rotatable bonds is 1. The van der Waals surface area contributed by atoms with E-state index in [0.717, 1.165) is 28.2 Å². The molecule has 3 rings (SSSR count). The van der Waals surface area contributed by atoms with Gasteiger partial charge in [0, 0.05) is 16.3 Å². The fourth-order valence-corrected chi connectivity index (χ4v) is 3.03. The Balaban J connectivity index is 2.39. The lowest BCUT2D eigenvalue weighted by atomic mass is 9.78. The standard InChI is InChI=1S/C14H14BNO2/c1-14(2)9(6-17)13(18)12-11(14)8-5-7(15)3-4-10(8)16-12/h3-6,9,16H,15H2,1-2H3. The summed E-state index contributed by atoms with van der Waals surface area (Å²) in [7, 11) is 2.03. The van der Waals surface area contributed by atoms with E-state index in [1.54, 1.807) is 0 Å². The smallest absolute Gasteiger partial charge is 0.190 e. The molecule has 1 aliphatic rings. The summed E-state index contributed by atoms with van der Waals surface area (Å²) in [5.74, 6) is -0.650. The maximum absolute atomic E-state index is 12.2. The molecular weight excluding hydrogens is 225 g/mol. The third-order valence-corrected chi connectivity index (χ3v) is 4.04. The van der Waals surface area contributed by atoms with E-state index in [1.807, 2.05) is 33.8 Å². The van der Waals surface area contributed by atoms with Crippen LogP contribution in [0.15, 0.2) is 18.2 Å². The van der Waals surface area contributed by atoms with E-state index in [9.17, 15) is 9.59 Å². The molecule has 3 nitrogen and oxygen atoms in total. The van der Waals surface area contributed by atoms with E-state index in [0.29, 0.717) is 5.69 Å². The third kappa shape index (κ3) is 1.20. The summed E-state index contributed by atoms with van der Waals surface area (Å²) in [5.41, 5.74) is 3.29. The number of aromatic amines is 1. The summed E-state index contributed by atoms with van der Waals surface area (Å²) >= 11 is 0. The molecule has 1 aliphatic carbocycles. The van der Waals surface area contributed by atoms with Crippen LogP contribution in [-0.2, 0) is 10.2 Å². The first-order valence-electron chi connectivity index (χ1n) is 6.09. The molecule has 0 amide bonds. The molecule has 4 heteroatoms. The molecule has 1 aromatic carbocycles. The Hall–Kier alpha value is -1.84. The van der Waals surface area contributed by atoms with Gasteiger partial charge in [-0.2, -0.15) is 0 Å². The molecule has 1 unspecified atom stereocenters. The van der Waals surface area contributed by atoms with Gasteiger partial charge in [-0.05, 0) is 11.6 Å². The van der Waals surface area contributed by atoms with Crippen LogP contribution in [0.5, 0.6) is 0 Å². The molecule has 2 aromatic rings. The topological polar surface area (TPSA) is 49.9 Å². The highest BCUT2D eigenvalue weighted by Crippen LogP contribution is 2.45. The van der Waals surface area contributed by atoms with E-state index < -0.39 is 11.3 Å². The molecule has 1 heterocycles. The lowest BCUT2D eigenvalue weighted by Gasteiger charge is -2.22. The number of Topliss-reactive ketones (excluding diaryl/α,β-unsaturated/α-hetero) is 1. The number of nitrogens with one attached hydrogen (secondary N) is 1. The molecule has 18 heavy (non-hydrogen) atoms. The van der Waals surface area contributed by atoms with Gasteiger partial charge >= 0.3 is 0 Å². The zero-order chi connectivity index (χ0) is 13.1. The number of carbonyl (C=O) groups excluding carboxylic acids is 2. The number of aldehydes is 1. The Morgan fingerprint density at radius 1 is 1.39 bits per heavy atom. The second-order valence-corrected chi connectivity index (χ2v) is 5.62. The highest BCUT2D eigenvalue weighted by molar-refractivity contribution is 6.33. The zero-order valence-electron chi connectivity index (χ0n) is 10.7. The van der Waals surface area contributed by atoms with Crippen molar-refractivity contribution >= 4 is 36.3 Å². The highest BCUT2D eigenvalue weighted by atomic mass is 16.1. The fraction of sp³-hybridized carbons (Fsp3) is 0.286. The maximum Gasteiger partial charge on any atom is 0.190 e. The maximum atomic E-state index is 12.2. The molecule has 0 fully saturated rings. The van der Waals surface area contributed by atoms with Crippen molar-refractivity contribution in [3.63, 3.8) is 0 Å². The first kappa shape index (κ1) is 11.3. The van der Waals surface area contributed by atoms with E-state index in [4.69, 9.17) is 0 Å². The molecule has 0 saturated carbocycles. The number of hydrogen-bond donors (Lipinski definition) is 1. The Morgan fingerprint density at radius 2 is 2.11 bits per heavy atom. The minimum Gasteiger partial charge on any atom is -0.352 e. The predicted molar refractivity (Wildman–Crippen MR) is 73.4 cm³/mol. The van der Waals surface area contributed by atoms with Gasteiger partial charge in [0.15, 0.2) is 5.78 Å². The highest BCUT2D eigenvalue weighted by Gasteiger charge is 2.48.